The molecular weight excluding hydrogens is 251 g/mol. The lowest BCUT2D eigenvalue weighted by molar-refractivity contribution is -0.297. The number of halogens is 5. The normalized spacial score (nSPS) is 12.4. The molecule has 17 heavy (non-hydrogen) atoms. The van der Waals surface area contributed by atoms with Gasteiger partial charge in [0.15, 0.2) is 0 Å². The summed E-state index contributed by atoms with van der Waals surface area (Å²) in [6.07, 6.45) is -5.65. The summed E-state index contributed by atoms with van der Waals surface area (Å²) in [6, 6.07) is 0. The Kier molecular flexibility index (Phi) is 5.53. The van der Waals surface area contributed by atoms with E-state index in [1.54, 1.807) is 0 Å². The molecule has 0 saturated carbocycles. The van der Waals surface area contributed by atoms with E-state index in [0.29, 0.717) is 0 Å². The third-order valence-corrected chi connectivity index (χ3v) is 1.51. The van der Waals surface area contributed by atoms with Crippen molar-refractivity contribution in [1.29, 1.82) is 0 Å². The molecule has 0 unspecified atom stereocenters. The van der Waals surface area contributed by atoms with E-state index in [-0.39, 0.29) is 5.57 Å². The van der Waals surface area contributed by atoms with Crippen LogP contribution in [0.25, 0.3) is 0 Å². The zero-order valence-corrected chi connectivity index (χ0v) is 8.94. The molecule has 0 spiro atoms. The van der Waals surface area contributed by atoms with Crippen LogP contribution < -0.4 is 0 Å². The third-order valence-electron chi connectivity index (χ3n) is 1.51. The molecule has 0 fully saturated rings. The van der Waals surface area contributed by atoms with Crippen molar-refractivity contribution >= 4 is 5.97 Å². The number of alkyl halides is 5. The van der Waals surface area contributed by atoms with Crippen LogP contribution in [-0.4, -0.2) is 37.9 Å². The molecule has 100 valence electrons. The Labute approximate surface area is 94.2 Å². The minimum Gasteiger partial charge on any atom is -0.460 e. The molecule has 0 bridgehead atoms. The van der Waals surface area contributed by atoms with Crippen molar-refractivity contribution < 1.29 is 36.2 Å². The molecule has 0 aromatic rings. The number of carbonyl (C=O) groups is 1. The van der Waals surface area contributed by atoms with Gasteiger partial charge in [-0.15, -0.1) is 0 Å². The summed E-state index contributed by atoms with van der Waals surface area (Å²) < 4.78 is 68.0. The number of ether oxygens (including phenoxy) is 2. The lowest BCUT2D eigenvalue weighted by Gasteiger charge is -2.19. The predicted molar refractivity (Wildman–Crippen MR) is 47.6 cm³/mol. The highest BCUT2D eigenvalue weighted by molar-refractivity contribution is 5.86. The van der Waals surface area contributed by atoms with Gasteiger partial charge in [0.1, 0.15) is 13.2 Å². The first-order chi connectivity index (χ1) is 7.58. The number of hydrogen-bond donors (Lipinski definition) is 0. The van der Waals surface area contributed by atoms with Crippen LogP contribution in [0.2, 0.25) is 0 Å². The van der Waals surface area contributed by atoms with Gasteiger partial charge in [0.05, 0.1) is 6.61 Å². The number of rotatable bonds is 6. The standard InChI is InChI=1S/C9H11F5O3/c1-6(2)7(15)17-4-3-16-5-8(10,11)9(12,13)14/h1,3-5H2,2H3. The molecule has 0 amide bonds. The molecule has 0 aromatic carbocycles. The second kappa shape index (κ2) is 5.95. The molecule has 0 aliphatic carbocycles. The first kappa shape index (κ1) is 15.8. The minimum absolute atomic E-state index is 0.0885. The van der Waals surface area contributed by atoms with E-state index < -0.39 is 37.9 Å². The number of esters is 1. The molecule has 0 aromatic heterocycles. The van der Waals surface area contributed by atoms with Crippen molar-refractivity contribution in [1.82, 2.24) is 0 Å². The van der Waals surface area contributed by atoms with Crippen LogP contribution in [0.4, 0.5) is 22.0 Å². The summed E-state index contributed by atoms with van der Waals surface area (Å²) in [5.41, 5.74) is 0.0885. The Morgan fingerprint density at radius 1 is 1.18 bits per heavy atom. The van der Waals surface area contributed by atoms with Crippen molar-refractivity contribution in [3.05, 3.63) is 12.2 Å². The van der Waals surface area contributed by atoms with Crippen molar-refractivity contribution in [2.45, 2.75) is 19.0 Å². The van der Waals surface area contributed by atoms with E-state index in [2.05, 4.69) is 16.1 Å². The van der Waals surface area contributed by atoms with Crippen LogP contribution in [0, 0.1) is 0 Å². The summed E-state index contributed by atoms with van der Waals surface area (Å²) in [4.78, 5) is 10.8. The maximum atomic E-state index is 12.3. The second-order valence-corrected chi connectivity index (χ2v) is 3.17. The maximum Gasteiger partial charge on any atom is 0.455 e. The van der Waals surface area contributed by atoms with Crippen LogP contribution in [-0.2, 0) is 14.3 Å². The first-order valence-corrected chi connectivity index (χ1v) is 4.43. The van der Waals surface area contributed by atoms with E-state index in [1.165, 1.54) is 6.92 Å². The lowest BCUT2D eigenvalue weighted by Crippen LogP contribution is -2.41. The molecule has 0 aliphatic rings. The fourth-order valence-electron chi connectivity index (χ4n) is 0.599. The zero-order chi connectivity index (χ0) is 13.7. The highest BCUT2D eigenvalue weighted by Gasteiger charge is 2.57. The van der Waals surface area contributed by atoms with Crippen molar-refractivity contribution in [2.24, 2.45) is 0 Å². The molecule has 0 aliphatic heterocycles. The van der Waals surface area contributed by atoms with Crippen LogP contribution in [0.3, 0.4) is 0 Å². The Morgan fingerprint density at radius 3 is 2.12 bits per heavy atom. The van der Waals surface area contributed by atoms with Gasteiger partial charge < -0.3 is 9.47 Å². The summed E-state index contributed by atoms with van der Waals surface area (Å²) in [6.45, 7) is 1.83. The van der Waals surface area contributed by atoms with E-state index in [4.69, 9.17) is 0 Å². The van der Waals surface area contributed by atoms with Gasteiger partial charge >= 0.3 is 18.1 Å². The number of carbonyl (C=O) groups excluding carboxylic acids is 1. The molecular formula is C9H11F5O3. The molecule has 0 heterocycles. The Hall–Kier alpha value is -1.18. The molecule has 0 N–H and O–H groups in total. The average Bonchev–Trinajstić information content (AvgIpc) is 2.14. The monoisotopic (exact) mass is 262 g/mol. The molecule has 3 nitrogen and oxygen atoms in total. The smallest absolute Gasteiger partial charge is 0.455 e. The zero-order valence-electron chi connectivity index (χ0n) is 8.94. The van der Waals surface area contributed by atoms with Gasteiger partial charge in [0.25, 0.3) is 0 Å². The van der Waals surface area contributed by atoms with Gasteiger partial charge in [0.2, 0.25) is 0 Å². The lowest BCUT2D eigenvalue weighted by atomic mass is 10.3. The van der Waals surface area contributed by atoms with E-state index in [9.17, 15) is 26.7 Å². The van der Waals surface area contributed by atoms with Gasteiger partial charge in [0, 0.05) is 5.57 Å². The summed E-state index contributed by atoms with van der Waals surface area (Å²) in [5.74, 6) is -5.68. The third kappa shape index (κ3) is 5.62. The first-order valence-electron chi connectivity index (χ1n) is 4.43. The van der Waals surface area contributed by atoms with Gasteiger partial charge in [-0.05, 0) is 6.92 Å². The van der Waals surface area contributed by atoms with Crippen LogP contribution in [0.1, 0.15) is 6.92 Å². The van der Waals surface area contributed by atoms with Crippen molar-refractivity contribution in [3.63, 3.8) is 0 Å². The van der Waals surface area contributed by atoms with Crippen molar-refractivity contribution in [3.8, 4) is 0 Å². The van der Waals surface area contributed by atoms with E-state index in [0.717, 1.165) is 0 Å². The van der Waals surface area contributed by atoms with Gasteiger partial charge in [-0.3, -0.25) is 0 Å². The van der Waals surface area contributed by atoms with Crippen LogP contribution >= 0.6 is 0 Å². The molecule has 0 atom stereocenters. The minimum atomic E-state index is -5.65. The highest BCUT2D eigenvalue weighted by atomic mass is 19.4. The fraction of sp³-hybridized carbons (Fsp3) is 0.667. The Morgan fingerprint density at radius 2 is 1.71 bits per heavy atom. The molecule has 0 rings (SSSR count). The average molecular weight is 262 g/mol. The number of hydrogen-bond acceptors (Lipinski definition) is 3. The quantitative estimate of drug-likeness (QED) is 0.319. The van der Waals surface area contributed by atoms with E-state index >= 15 is 0 Å². The van der Waals surface area contributed by atoms with Crippen LogP contribution in [0.5, 0.6) is 0 Å². The Bertz CT molecular complexity index is 285. The molecule has 0 saturated heterocycles. The molecule has 8 heteroatoms. The summed E-state index contributed by atoms with van der Waals surface area (Å²) in [7, 11) is 0. The summed E-state index contributed by atoms with van der Waals surface area (Å²) >= 11 is 0. The SMILES string of the molecule is C=C(C)C(=O)OCCOCC(F)(F)C(F)(F)F. The topological polar surface area (TPSA) is 35.5 Å². The fourth-order valence-corrected chi connectivity index (χ4v) is 0.599. The van der Waals surface area contributed by atoms with Crippen molar-refractivity contribution in [2.75, 3.05) is 19.8 Å². The predicted octanol–water partition coefficient (Wildman–Crippen LogP) is 2.32. The van der Waals surface area contributed by atoms with Gasteiger partial charge in [-0.1, -0.05) is 6.58 Å². The Balaban J connectivity index is 3.80. The second-order valence-electron chi connectivity index (χ2n) is 3.17. The maximum absolute atomic E-state index is 12.3. The van der Waals surface area contributed by atoms with E-state index in [1.807, 2.05) is 0 Å². The van der Waals surface area contributed by atoms with Crippen LogP contribution in [0.15, 0.2) is 12.2 Å². The largest absolute Gasteiger partial charge is 0.460 e. The summed E-state index contributed by atoms with van der Waals surface area (Å²) in [5, 5.41) is 0. The highest BCUT2D eigenvalue weighted by Crippen LogP contribution is 2.35. The molecule has 0 radical (unpaired) electrons. The van der Waals surface area contributed by atoms with Gasteiger partial charge in [-0.25, -0.2) is 4.79 Å². The van der Waals surface area contributed by atoms with Gasteiger partial charge in [-0.2, -0.15) is 22.0 Å².